The third-order valence-corrected chi connectivity index (χ3v) is 5.14. The Labute approximate surface area is 167 Å². The predicted octanol–water partition coefficient (Wildman–Crippen LogP) is 0.913. The number of nitrogens with zero attached hydrogens (tertiary/aromatic N) is 2. The van der Waals surface area contributed by atoms with Crippen LogP contribution in [0.2, 0.25) is 0 Å². The average Bonchev–Trinajstić information content (AvgIpc) is 3.13. The maximum Gasteiger partial charge on any atom is 0.234 e. The number of hydrogen-bond acceptors (Lipinski definition) is 6. The van der Waals surface area contributed by atoms with E-state index >= 15 is 0 Å². The lowest BCUT2D eigenvalue weighted by Crippen LogP contribution is -2.39. The van der Waals surface area contributed by atoms with Crippen molar-refractivity contribution in [1.29, 1.82) is 0 Å². The smallest absolute Gasteiger partial charge is 0.234 e. The van der Waals surface area contributed by atoms with Crippen LogP contribution in [0.1, 0.15) is 12.0 Å². The van der Waals surface area contributed by atoms with Gasteiger partial charge < -0.3 is 19.5 Å². The van der Waals surface area contributed by atoms with Gasteiger partial charge in [0.2, 0.25) is 5.91 Å². The summed E-state index contributed by atoms with van der Waals surface area (Å²) in [5, 5.41) is 2.93. The molecule has 2 aliphatic rings. The molecule has 1 atom stereocenters. The minimum Gasteiger partial charge on any atom is -0.492 e. The van der Waals surface area contributed by atoms with Gasteiger partial charge >= 0.3 is 0 Å². The molecule has 0 bridgehead atoms. The maximum atomic E-state index is 12.1. The Morgan fingerprint density at radius 3 is 2.89 bits per heavy atom. The highest BCUT2D eigenvalue weighted by molar-refractivity contribution is 5.78. The van der Waals surface area contributed by atoms with E-state index in [4.69, 9.17) is 14.2 Å². The van der Waals surface area contributed by atoms with E-state index in [9.17, 15) is 4.79 Å². The Balaban J connectivity index is 1.23. The molecule has 7 nitrogen and oxygen atoms in total. The van der Waals surface area contributed by atoms with Crippen LogP contribution in [0.3, 0.4) is 0 Å². The van der Waals surface area contributed by atoms with Crippen molar-refractivity contribution in [2.24, 2.45) is 0 Å². The Morgan fingerprint density at radius 2 is 2.07 bits per heavy atom. The molecule has 1 amide bonds. The number of benzene rings is 1. The van der Waals surface area contributed by atoms with Crippen LogP contribution in [0.15, 0.2) is 24.3 Å². The molecule has 0 aromatic heterocycles. The number of amides is 1. The van der Waals surface area contributed by atoms with Gasteiger partial charge in [-0.3, -0.25) is 14.6 Å². The first-order valence-corrected chi connectivity index (χ1v) is 10.3. The zero-order valence-corrected chi connectivity index (χ0v) is 16.9. The molecule has 0 radical (unpaired) electrons. The fourth-order valence-corrected chi connectivity index (χ4v) is 3.57. The average molecular weight is 392 g/mol. The van der Waals surface area contributed by atoms with E-state index in [1.165, 1.54) is 0 Å². The number of carbonyl (C=O) groups is 1. The molecule has 2 aliphatic heterocycles. The van der Waals surface area contributed by atoms with E-state index in [-0.39, 0.29) is 12.0 Å². The molecule has 0 unspecified atom stereocenters. The van der Waals surface area contributed by atoms with Gasteiger partial charge in [-0.1, -0.05) is 12.1 Å². The van der Waals surface area contributed by atoms with Crippen LogP contribution in [-0.4, -0.2) is 94.1 Å². The molecule has 2 saturated heterocycles. The molecule has 1 aromatic carbocycles. The van der Waals surface area contributed by atoms with Gasteiger partial charge in [0, 0.05) is 32.7 Å². The van der Waals surface area contributed by atoms with Crippen LogP contribution in [0.25, 0.3) is 0 Å². The van der Waals surface area contributed by atoms with E-state index in [1.807, 2.05) is 31.2 Å². The summed E-state index contributed by atoms with van der Waals surface area (Å²) in [4.78, 5) is 16.7. The summed E-state index contributed by atoms with van der Waals surface area (Å²) in [5.41, 5.74) is 1.16. The van der Waals surface area contributed by atoms with Crippen molar-refractivity contribution in [3.63, 3.8) is 0 Å². The molecule has 1 N–H and O–H groups in total. The van der Waals surface area contributed by atoms with E-state index in [0.29, 0.717) is 19.7 Å². The highest BCUT2D eigenvalue weighted by atomic mass is 16.5. The first kappa shape index (κ1) is 21.0. The van der Waals surface area contributed by atoms with Crippen molar-refractivity contribution in [3.8, 4) is 5.75 Å². The molecule has 3 rings (SSSR count). The van der Waals surface area contributed by atoms with Gasteiger partial charge in [-0.05, 0) is 31.0 Å². The van der Waals surface area contributed by atoms with Gasteiger partial charge in [0.1, 0.15) is 12.4 Å². The summed E-state index contributed by atoms with van der Waals surface area (Å²) in [6.45, 7) is 10.5. The van der Waals surface area contributed by atoms with Gasteiger partial charge in [-0.15, -0.1) is 0 Å². The minimum atomic E-state index is 0.0433. The largest absolute Gasteiger partial charge is 0.492 e. The normalized spacial score (nSPS) is 21.0. The van der Waals surface area contributed by atoms with Crippen molar-refractivity contribution in [3.05, 3.63) is 29.8 Å². The van der Waals surface area contributed by atoms with Crippen LogP contribution < -0.4 is 10.1 Å². The molecule has 0 aliphatic carbocycles. The van der Waals surface area contributed by atoms with Crippen LogP contribution in [0, 0.1) is 6.92 Å². The number of ether oxygens (including phenoxy) is 3. The number of rotatable bonds is 10. The van der Waals surface area contributed by atoms with Crippen LogP contribution >= 0.6 is 0 Å². The lowest BCUT2D eigenvalue weighted by Gasteiger charge is -2.26. The first-order chi connectivity index (χ1) is 13.7. The standard InChI is InChI=1S/C21H33N3O4/c1-18-3-2-4-19(15-18)27-11-6-22-21(25)17-24-7-5-20(16-24)28-14-10-23-8-12-26-13-9-23/h2-4,15,20H,5-14,16-17H2,1H3,(H,22,25)/t20-/m1/s1. The molecule has 2 heterocycles. The number of carbonyl (C=O) groups excluding carboxylic acids is 1. The number of nitrogens with one attached hydrogen (secondary N) is 1. The Hall–Kier alpha value is -1.67. The van der Waals surface area contributed by atoms with E-state index in [0.717, 1.165) is 70.3 Å². The summed E-state index contributed by atoms with van der Waals surface area (Å²) in [6, 6.07) is 7.92. The highest BCUT2D eigenvalue weighted by Gasteiger charge is 2.24. The lowest BCUT2D eigenvalue weighted by atomic mass is 10.2. The molecule has 2 fully saturated rings. The molecule has 28 heavy (non-hydrogen) atoms. The Kier molecular flexibility index (Phi) is 8.54. The van der Waals surface area contributed by atoms with Crippen LogP contribution in [0.5, 0.6) is 5.75 Å². The first-order valence-electron chi connectivity index (χ1n) is 10.3. The van der Waals surface area contributed by atoms with Gasteiger partial charge in [0.15, 0.2) is 0 Å². The van der Waals surface area contributed by atoms with Crippen molar-refractivity contribution in [1.82, 2.24) is 15.1 Å². The fraction of sp³-hybridized carbons (Fsp3) is 0.667. The number of likely N-dealkylation sites (tertiary alicyclic amines) is 1. The number of morpholine rings is 1. The number of hydrogen-bond donors (Lipinski definition) is 1. The van der Waals surface area contributed by atoms with Crippen LogP contribution in [-0.2, 0) is 14.3 Å². The molecule has 0 saturated carbocycles. The SMILES string of the molecule is Cc1cccc(OCCNC(=O)CN2CC[C@@H](OCCN3CCOCC3)C2)c1. The van der Waals surface area contributed by atoms with Crippen LogP contribution in [0.4, 0.5) is 0 Å². The molecule has 1 aromatic rings. The second kappa shape index (κ2) is 11.4. The molecule has 156 valence electrons. The van der Waals surface area contributed by atoms with Gasteiger partial charge in [0.25, 0.3) is 0 Å². The lowest BCUT2D eigenvalue weighted by molar-refractivity contribution is -0.122. The maximum absolute atomic E-state index is 12.1. The van der Waals surface area contributed by atoms with Crippen molar-refractivity contribution < 1.29 is 19.0 Å². The predicted molar refractivity (Wildman–Crippen MR) is 108 cm³/mol. The minimum absolute atomic E-state index is 0.0433. The highest BCUT2D eigenvalue weighted by Crippen LogP contribution is 2.13. The Morgan fingerprint density at radius 1 is 1.21 bits per heavy atom. The second-order valence-electron chi connectivity index (χ2n) is 7.49. The summed E-state index contributed by atoms with van der Waals surface area (Å²) in [7, 11) is 0. The van der Waals surface area contributed by atoms with E-state index in [2.05, 4.69) is 15.1 Å². The Bertz CT molecular complexity index is 607. The van der Waals surface area contributed by atoms with E-state index < -0.39 is 0 Å². The summed E-state index contributed by atoms with van der Waals surface area (Å²) in [5.74, 6) is 0.882. The van der Waals surface area contributed by atoms with Crippen molar-refractivity contribution in [2.45, 2.75) is 19.4 Å². The molecular formula is C21H33N3O4. The zero-order chi connectivity index (χ0) is 19.6. The third kappa shape index (κ3) is 7.39. The third-order valence-electron chi connectivity index (χ3n) is 5.14. The summed E-state index contributed by atoms with van der Waals surface area (Å²) < 4.78 is 17.0. The molecular weight excluding hydrogens is 358 g/mol. The van der Waals surface area contributed by atoms with Gasteiger partial charge in [0.05, 0.1) is 39.0 Å². The second-order valence-corrected chi connectivity index (χ2v) is 7.49. The summed E-state index contributed by atoms with van der Waals surface area (Å²) in [6.07, 6.45) is 1.23. The van der Waals surface area contributed by atoms with Crippen molar-refractivity contribution in [2.75, 3.05) is 72.2 Å². The van der Waals surface area contributed by atoms with Crippen molar-refractivity contribution >= 4 is 5.91 Å². The number of aryl methyl sites for hydroxylation is 1. The van der Waals surface area contributed by atoms with Gasteiger partial charge in [-0.25, -0.2) is 0 Å². The van der Waals surface area contributed by atoms with Gasteiger partial charge in [-0.2, -0.15) is 0 Å². The zero-order valence-electron chi connectivity index (χ0n) is 16.9. The quantitative estimate of drug-likeness (QED) is 0.599. The van der Waals surface area contributed by atoms with E-state index in [1.54, 1.807) is 0 Å². The molecule has 7 heteroatoms. The monoisotopic (exact) mass is 391 g/mol. The topological polar surface area (TPSA) is 63.3 Å². The fourth-order valence-electron chi connectivity index (χ4n) is 3.57. The summed E-state index contributed by atoms with van der Waals surface area (Å²) >= 11 is 0. The molecule has 0 spiro atoms.